The lowest BCUT2D eigenvalue weighted by Crippen LogP contribution is -2.24. The molecule has 4 rings (SSSR count). The third kappa shape index (κ3) is 3.46. The van der Waals surface area contributed by atoms with Crippen molar-refractivity contribution in [1.29, 1.82) is 0 Å². The smallest absolute Gasteiger partial charge is 0.173 e. The van der Waals surface area contributed by atoms with Gasteiger partial charge in [-0.05, 0) is 24.6 Å². The van der Waals surface area contributed by atoms with Gasteiger partial charge < -0.3 is 20.5 Å². The van der Waals surface area contributed by atoms with E-state index in [1.54, 1.807) is 26.7 Å². The van der Waals surface area contributed by atoms with E-state index in [-0.39, 0.29) is 0 Å². The number of benzene rings is 1. The first-order chi connectivity index (χ1) is 14.0. The zero-order chi connectivity index (χ0) is 20.5. The first kappa shape index (κ1) is 19.4. The maximum Gasteiger partial charge on any atom is 0.173 e. The number of imidazole rings is 1. The number of halogens is 1. The quantitative estimate of drug-likeness (QED) is 0.467. The molecule has 150 valence electrons. The average Bonchev–Trinajstić information content (AvgIpc) is 3.20. The van der Waals surface area contributed by atoms with Crippen molar-refractivity contribution >= 4 is 39.9 Å². The van der Waals surface area contributed by atoms with E-state index in [4.69, 9.17) is 31.8 Å². The zero-order valence-electron chi connectivity index (χ0n) is 16.3. The monoisotopic (exact) mass is 412 g/mol. The number of aromatic nitrogens is 4. The van der Waals surface area contributed by atoms with Gasteiger partial charge in [0.05, 0.1) is 12.7 Å². The van der Waals surface area contributed by atoms with Crippen molar-refractivity contribution in [2.75, 3.05) is 31.8 Å². The lowest BCUT2D eigenvalue weighted by Gasteiger charge is -2.17. The number of hydrogen-bond donors (Lipinski definition) is 2. The predicted octanol–water partition coefficient (Wildman–Crippen LogP) is 3.52. The molecule has 0 radical (unpaired) electrons. The van der Waals surface area contributed by atoms with Crippen LogP contribution in [0.25, 0.3) is 27.8 Å². The summed E-state index contributed by atoms with van der Waals surface area (Å²) in [5.74, 6) is 1.01. The van der Waals surface area contributed by atoms with Crippen LogP contribution in [0, 0.1) is 6.92 Å². The van der Waals surface area contributed by atoms with Crippen LogP contribution >= 0.6 is 11.6 Å². The summed E-state index contributed by atoms with van der Waals surface area (Å²) in [6.45, 7) is 2.42. The van der Waals surface area contributed by atoms with Crippen molar-refractivity contribution in [3.63, 3.8) is 0 Å². The summed E-state index contributed by atoms with van der Waals surface area (Å²) in [4.78, 5) is 13.6. The molecule has 0 bridgehead atoms. The van der Waals surface area contributed by atoms with E-state index < -0.39 is 6.29 Å². The molecule has 0 unspecified atom stereocenters. The number of ether oxygens (including phenoxy) is 2. The molecule has 0 aliphatic carbocycles. The van der Waals surface area contributed by atoms with Crippen molar-refractivity contribution in [3.05, 3.63) is 47.4 Å². The first-order valence-electron chi connectivity index (χ1n) is 9.00. The molecular weight excluding hydrogens is 392 g/mol. The molecule has 3 aromatic heterocycles. The molecule has 0 atom stereocenters. The normalized spacial score (nSPS) is 11.6. The van der Waals surface area contributed by atoms with Crippen LogP contribution in [-0.4, -0.2) is 46.4 Å². The second kappa shape index (κ2) is 7.82. The number of anilines is 2. The molecule has 8 nitrogen and oxygen atoms in total. The van der Waals surface area contributed by atoms with E-state index in [0.29, 0.717) is 39.9 Å². The number of fused-ring (bicyclic) bond motifs is 3. The lowest BCUT2D eigenvalue weighted by atomic mass is 10.00. The maximum atomic E-state index is 6.57. The molecule has 0 aliphatic rings. The van der Waals surface area contributed by atoms with E-state index in [1.165, 1.54) is 0 Å². The van der Waals surface area contributed by atoms with Crippen LogP contribution in [0.4, 0.5) is 11.6 Å². The highest BCUT2D eigenvalue weighted by molar-refractivity contribution is 6.34. The van der Waals surface area contributed by atoms with Crippen LogP contribution < -0.4 is 11.1 Å². The predicted molar refractivity (Wildman–Crippen MR) is 114 cm³/mol. The second-order valence-corrected chi connectivity index (χ2v) is 6.99. The fraction of sp³-hybridized carbons (Fsp3) is 0.250. The Balaban J connectivity index is 1.98. The van der Waals surface area contributed by atoms with Gasteiger partial charge in [0.2, 0.25) is 0 Å². The fourth-order valence-corrected chi connectivity index (χ4v) is 3.66. The Morgan fingerprint density at radius 2 is 2.03 bits per heavy atom. The molecular formula is C20H21ClN6O2. The molecule has 0 fully saturated rings. The molecule has 29 heavy (non-hydrogen) atoms. The minimum atomic E-state index is -0.407. The standard InChI is InChI=1S/C20H21ClN6O2/c1-11-5-4-6-13(21)17(11)12-7-15(24-9-16(28-2)29-3)25-20-18(12)26-19(22)14-8-23-10-27(14)20/h4-8,10,16H,9H2,1-3H3,(H2,22,26)(H,24,25). The Kier molecular flexibility index (Phi) is 5.23. The fourth-order valence-electron chi connectivity index (χ4n) is 3.34. The van der Waals surface area contributed by atoms with Gasteiger partial charge in [-0.1, -0.05) is 23.7 Å². The van der Waals surface area contributed by atoms with Crippen LogP contribution in [-0.2, 0) is 9.47 Å². The molecule has 4 aromatic rings. The largest absolute Gasteiger partial charge is 0.382 e. The number of nitrogen functional groups attached to an aromatic ring is 1. The average molecular weight is 413 g/mol. The minimum absolute atomic E-state index is 0.377. The third-order valence-electron chi connectivity index (χ3n) is 4.80. The highest BCUT2D eigenvalue weighted by Crippen LogP contribution is 2.37. The van der Waals surface area contributed by atoms with Crippen molar-refractivity contribution in [3.8, 4) is 11.1 Å². The van der Waals surface area contributed by atoms with Gasteiger partial charge in [0.1, 0.15) is 29.0 Å². The molecule has 0 saturated carbocycles. The topological polar surface area (TPSA) is 99.6 Å². The molecule has 3 N–H and O–H groups in total. The van der Waals surface area contributed by atoms with E-state index in [9.17, 15) is 0 Å². The maximum absolute atomic E-state index is 6.57. The Bertz CT molecular complexity index is 1170. The first-order valence-corrected chi connectivity index (χ1v) is 9.38. The number of methoxy groups -OCH3 is 2. The van der Waals surface area contributed by atoms with Crippen LogP contribution in [0.2, 0.25) is 5.02 Å². The van der Waals surface area contributed by atoms with Gasteiger partial charge in [-0.3, -0.25) is 4.40 Å². The van der Waals surface area contributed by atoms with Crippen molar-refractivity contribution in [1.82, 2.24) is 19.4 Å². The van der Waals surface area contributed by atoms with Crippen molar-refractivity contribution < 1.29 is 9.47 Å². The van der Waals surface area contributed by atoms with Crippen LogP contribution in [0.3, 0.4) is 0 Å². The van der Waals surface area contributed by atoms with Gasteiger partial charge in [-0.15, -0.1) is 0 Å². The van der Waals surface area contributed by atoms with Gasteiger partial charge >= 0.3 is 0 Å². The summed E-state index contributed by atoms with van der Waals surface area (Å²) in [6, 6.07) is 7.69. The summed E-state index contributed by atoms with van der Waals surface area (Å²) >= 11 is 6.57. The number of pyridine rings is 1. The second-order valence-electron chi connectivity index (χ2n) is 6.59. The van der Waals surface area contributed by atoms with E-state index in [2.05, 4.69) is 15.3 Å². The highest BCUT2D eigenvalue weighted by atomic mass is 35.5. The zero-order valence-corrected chi connectivity index (χ0v) is 17.1. The summed E-state index contributed by atoms with van der Waals surface area (Å²) in [7, 11) is 3.17. The van der Waals surface area contributed by atoms with Gasteiger partial charge in [0.25, 0.3) is 0 Å². The van der Waals surface area contributed by atoms with Crippen molar-refractivity contribution in [2.45, 2.75) is 13.2 Å². The van der Waals surface area contributed by atoms with Crippen LogP contribution in [0.5, 0.6) is 0 Å². The van der Waals surface area contributed by atoms with Gasteiger partial charge in [0.15, 0.2) is 11.9 Å². The summed E-state index contributed by atoms with van der Waals surface area (Å²) in [6.07, 6.45) is 2.93. The van der Waals surface area contributed by atoms with E-state index in [0.717, 1.165) is 16.7 Å². The number of nitrogens with one attached hydrogen (secondary N) is 1. The molecule has 0 aliphatic heterocycles. The van der Waals surface area contributed by atoms with E-state index in [1.807, 2.05) is 35.6 Å². The van der Waals surface area contributed by atoms with E-state index >= 15 is 0 Å². The minimum Gasteiger partial charge on any atom is -0.382 e. The highest BCUT2D eigenvalue weighted by Gasteiger charge is 2.18. The number of nitrogens with zero attached hydrogens (tertiary/aromatic N) is 4. The molecule has 1 aromatic carbocycles. The van der Waals surface area contributed by atoms with Gasteiger partial charge in [-0.25, -0.2) is 15.0 Å². The van der Waals surface area contributed by atoms with Gasteiger partial charge in [0, 0.05) is 30.4 Å². The third-order valence-corrected chi connectivity index (χ3v) is 5.12. The van der Waals surface area contributed by atoms with Crippen molar-refractivity contribution in [2.24, 2.45) is 0 Å². The summed E-state index contributed by atoms with van der Waals surface area (Å²) in [5, 5.41) is 3.89. The Hall–Kier alpha value is -2.94. The Morgan fingerprint density at radius 1 is 1.24 bits per heavy atom. The summed E-state index contributed by atoms with van der Waals surface area (Å²) in [5.41, 5.74) is 10.9. The number of rotatable bonds is 6. The number of nitrogens with two attached hydrogens (primary N) is 1. The molecule has 0 saturated heterocycles. The summed E-state index contributed by atoms with van der Waals surface area (Å²) < 4.78 is 12.3. The molecule has 9 heteroatoms. The molecule has 0 spiro atoms. The Labute approximate surface area is 172 Å². The van der Waals surface area contributed by atoms with Crippen LogP contribution in [0.15, 0.2) is 36.8 Å². The Morgan fingerprint density at radius 3 is 2.76 bits per heavy atom. The van der Waals surface area contributed by atoms with Gasteiger partial charge in [-0.2, -0.15) is 0 Å². The SMILES string of the molecule is COC(CNc1cc(-c2c(C)cccc2Cl)c2nc(N)c3cncn3c2n1)OC. The lowest BCUT2D eigenvalue weighted by molar-refractivity contribution is -0.0914. The molecule has 3 heterocycles. The number of aryl methyl sites for hydroxylation is 1. The molecule has 0 amide bonds. The number of hydrogen-bond acceptors (Lipinski definition) is 7. The van der Waals surface area contributed by atoms with Crippen LogP contribution in [0.1, 0.15) is 5.56 Å².